The Bertz CT molecular complexity index is 838. The second-order valence-corrected chi connectivity index (χ2v) is 7.29. The van der Waals surface area contributed by atoms with E-state index in [4.69, 9.17) is 5.14 Å². The average Bonchev–Trinajstić information content (AvgIpc) is 3.12. The Labute approximate surface area is 151 Å². The fourth-order valence-electron chi connectivity index (χ4n) is 3.51. The molecule has 0 aliphatic heterocycles. The third-order valence-corrected chi connectivity index (χ3v) is 5.33. The van der Waals surface area contributed by atoms with Gasteiger partial charge in [-0.2, -0.15) is 14.6 Å². The van der Waals surface area contributed by atoms with Gasteiger partial charge in [0.05, 0.1) is 0 Å². The van der Waals surface area contributed by atoms with E-state index in [1.54, 1.807) is 10.8 Å². The Balaban J connectivity index is 1.60. The van der Waals surface area contributed by atoms with Crippen LogP contribution in [0.1, 0.15) is 37.8 Å². The maximum absolute atomic E-state index is 5.59. The van der Waals surface area contributed by atoms with Crippen molar-refractivity contribution in [1.29, 1.82) is 0 Å². The number of nitrogens with zero attached hydrogens (tertiary/aromatic N) is 4. The van der Waals surface area contributed by atoms with Gasteiger partial charge in [0.1, 0.15) is 12.1 Å². The van der Waals surface area contributed by atoms with E-state index < -0.39 is 0 Å². The zero-order valence-electron chi connectivity index (χ0n) is 14.1. The van der Waals surface area contributed by atoms with Crippen molar-refractivity contribution in [2.75, 3.05) is 5.32 Å². The summed E-state index contributed by atoms with van der Waals surface area (Å²) in [5, 5.41) is 13.3. The Morgan fingerprint density at radius 3 is 2.72 bits per heavy atom. The van der Waals surface area contributed by atoms with Gasteiger partial charge in [0.15, 0.2) is 0 Å². The largest absolute Gasteiger partial charge is 0.340 e. The first-order valence-electron chi connectivity index (χ1n) is 8.75. The van der Waals surface area contributed by atoms with Gasteiger partial charge in [-0.05, 0) is 48.6 Å². The predicted octanol–water partition coefficient (Wildman–Crippen LogP) is 3.96. The first kappa shape index (κ1) is 16.4. The molecular formula is C18H22N6S. The van der Waals surface area contributed by atoms with E-state index >= 15 is 0 Å². The van der Waals surface area contributed by atoms with Crippen LogP contribution >= 0.6 is 11.9 Å². The van der Waals surface area contributed by atoms with Gasteiger partial charge in [-0.1, -0.05) is 32.1 Å². The fraction of sp³-hybridized carbons (Fsp3) is 0.389. The van der Waals surface area contributed by atoms with Gasteiger partial charge in [0.2, 0.25) is 0 Å². The Morgan fingerprint density at radius 1 is 1.16 bits per heavy atom. The van der Waals surface area contributed by atoms with Gasteiger partial charge >= 0.3 is 0 Å². The Morgan fingerprint density at radius 2 is 1.96 bits per heavy atom. The second-order valence-electron chi connectivity index (χ2n) is 6.58. The van der Waals surface area contributed by atoms with Crippen molar-refractivity contribution in [3.05, 3.63) is 42.4 Å². The molecule has 1 fully saturated rings. The van der Waals surface area contributed by atoms with Gasteiger partial charge in [-0.3, -0.25) is 5.14 Å². The van der Waals surface area contributed by atoms with Gasteiger partial charge in [0.25, 0.3) is 5.78 Å². The number of hydrogen-bond acceptors (Lipinski definition) is 6. The predicted molar refractivity (Wildman–Crippen MR) is 101 cm³/mol. The van der Waals surface area contributed by atoms with Crippen molar-refractivity contribution in [2.45, 2.75) is 43.4 Å². The van der Waals surface area contributed by atoms with Crippen LogP contribution in [0.25, 0.3) is 5.78 Å². The quantitative estimate of drug-likeness (QED) is 0.675. The van der Waals surface area contributed by atoms with Gasteiger partial charge < -0.3 is 5.32 Å². The molecule has 0 spiro atoms. The monoisotopic (exact) mass is 354 g/mol. The maximum Gasteiger partial charge on any atom is 0.254 e. The molecule has 0 saturated heterocycles. The van der Waals surface area contributed by atoms with Crippen LogP contribution in [0.15, 0.2) is 41.6 Å². The molecule has 1 saturated carbocycles. The third kappa shape index (κ3) is 3.77. The highest BCUT2D eigenvalue weighted by Gasteiger charge is 2.16. The molecule has 130 valence electrons. The van der Waals surface area contributed by atoms with Crippen molar-refractivity contribution in [1.82, 2.24) is 19.6 Å². The number of rotatable bonds is 5. The Kier molecular flexibility index (Phi) is 4.85. The van der Waals surface area contributed by atoms with Crippen LogP contribution in [-0.4, -0.2) is 19.6 Å². The summed E-state index contributed by atoms with van der Waals surface area (Å²) in [6.07, 6.45) is 9.23. The average molecular weight is 354 g/mol. The van der Waals surface area contributed by atoms with E-state index in [0.717, 1.165) is 34.4 Å². The van der Waals surface area contributed by atoms with Crippen LogP contribution in [-0.2, 0) is 6.42 Å². The standard InChI is InChI=1S/C18H22N6S/c19-25-16-8-6-14(7-9-16)22-17-11-15(10-13-4-2-1-3-5-13)23-18-20-12-21-24(17)18/h6-9,11-13,22H,1-5,10,19H2. The summed E-state index contributed by atoms with van der Waals surface area (Å²) in [7, 11) is 0. The number of aromatic nitrogens is 4. The molecule has 4 rings (SSSR count). The molecule has 1 aliphatic rings. The highest BCUT2D eigenvalue weighted by molar-refractivity contribution is 7.97. The highest BCUT2D eigenvalue weighted by Crippen LogP contribution is 2.28. The molecular weight excluding hydrogens is 332 g/mol. The van der Waals surface area contributed by atoms with Gasteiger partial charge in [0, 0.05) is 22.3 Å². The van der Waals surface area contributed by atoms with Gasteiger partial charge in [-0.25, -0.2) is 4.98 Å². The summed E-state index contributed by atoms with van der Waals surface area (Å²) in [5.41, 5.74) is 2.08. The molecule has 0 bridgehead atoms. The lowest BCUT2D eigenvalue weighted by Gasteiger charge is -2.21. The van der Waals surface area contributed by atoms with E-state index in [0.29, 0.717) is 5.78 Å². The van der Waals surface area contributed by atoms with Crippen molar-refractivity contribution < 1.29 is 0 Å². The molecule has 1 aliphatic carbocycles. The van der Waals surface area contributed by atoms with Crippen LogP contribution in [0.5, 0.6) is 0 Å². The number of anilines is 2. The highest BCUT2D eigenvalue weighted by atomic mass is 32.2. The minimum atomic E-state index is 0.643. The first-order valence-corrected chi connectivity index (χ1v) is 9.63. The fourth-order valence-corrected chi connectivity index (χ4v) is 3.80. The lowest BCUT2D eigenvalue weighted by molar-refractivity contribution is 0.354. The van der Waals surface area contributed by atoms with Crippen LogP contribution in [0.3, 0.4) is 0 Å². The molecule has 6 nitrogen and oxygen atoms in total. The first-order chi connectivity index (χ1) is 12.3. The van der Waals surface area contributed by atoms with Crippen molar-refractivity contribution >= 4 is 29.2 Å². The van der Waals surface area contributed by atoms with Crippen molar-refractivity contribution in [2.24, 2.45) is 11.1 Å². The summed E-state index contributed by atoms with van der Waals surface area (Å²) in [5.74, 6) is 2.27. The summed E-state index contributed by atoms with van der Waals surface area (Å²) in [4.78, 5) is 10.0. The smallest absolute Gasteiger partial charge is 0.254 e. The number of hydrogen-bond donors (Lipinski definition) is 2. The lowest BCUT2D eigenvalue weighted by atomic mass is 9.86. The minimum absolute atomic E-state index is 0.643. The van der Waals surface area contributed by atoms with E-state index in [2.05, 4.69) is 26.4 Å². The zero-order valence-corrected chi connectivity index (χ0v) is 14.9. The second kappa shape index (κ2) is 7.41. The number of nitrogens with one attached hydrogen (secondary N) is 1. The number of benzene rings is 1. The SMILES string of the molecule is NSc1ccc(Nc2cc(CC3CCCCC3)nc3ncnn23)cc1. The van der Waals surface area contributed by atoms with Crippen LogP contribution in [0, 0.1) is 5.92 Å². The molecule has 25 heavy (non-hydrogen) atoms. The minimum Gasteiger partial charge on any atom is -0.340 e. The zero-order chi connectivity index (χ0) is 17.1. The van der Waals surface area contributed by atoms with Gasteiger partial charge in [-0.15, -0.1) is 0 Å². The van der Waals surface area contributed by atoms with Crippen molar-refractivity contribution in [3.63, 3.8) is 0 Å². The molecule has 3 aromatic rings. The summed E-state index contributed by atoms with van der Waals surface area (Å²) >= 11 is 1.24. The molecule has 0 atom stereocenters. The topological polar surface area (TPSA) is 81.1 Å². The number of fused-ring (bicyclic) bond motifs is 1. The maximum atomic E-state index is 5.59. The summed E-state index contributed by atoms with van der Waals surface area (Å²) in [6, 6.07) is 10.1. The number of nitrogens with two attached hydrogens (primary N) is 1. The molecule has 2 aromatic heterocycles. The van der Waals surface area contributed by atoms with Crippen molar-refractivity contribution in [3.8, 4) is 0 Å². The molecule has 0 amide bonds. The molecule has 7 heteroatoms. The lowest BCUT2D eigenvalue weighted by Crippen LogP contribution is -2.12. The van der Waals surface area contributed by atoms with E-state index in [1.165, 1.54) is 44.1 Å². The molecule has 2 heterocycles. The Hall–Kier alpha value is -2.12. The molecule has 0 unspecified atom stereocenters. The van der Waals surface area contributed by atoms with E-state index in [1.807, 2.05) is 24.3 Å². The summed E-state index contributed by atoms with van der Waals surface area (Å²) < 4.78 is 1.75. The molecule has 0 radical (unpaired) electrons. The van der Waals surface area contributed by atoms with Crippen LogP contribution in [0.4, 0.5) is 11.5 Å². The third-order valence-electron chi connectivity index (χ3n) is 4.79. The van der Waals surface area contributed by atoms with E-state index in [-0.39, 0.29) is 0 Å². The summed E-state index contributed by atoms with van der Waals surface area (Å²) in [6.45, 7) is 0. The van der Waals surface area contributed by atoms with Crippen LogP contribution < -0.4 is 10.5 Å². The van der Waals surface area contributed by atoms with E-state index in [9.17, 15) is 0 Å². The molecule has 1 aromatic carbocycles. The normalized spacial score (nSPS) is 15.6. The molecule has 3 N–H and O–H groups in total. The van der Waals surface area contributed by atoms with Crippen LogP contribution in [0.2, 0.25) is 0 Å².